The molecule has 28 heavy (non-hydrogen) atoms. The summed E-state index contributed by atoms with van der Waals surface area (Å²) in [6.07, 6.45) is 0. The predicted molar refractivity (Wildman–Crippen MR) is 117 cm³/mol. The Labute approximate surface area is 174 Å². The van der Waals surface area contributed by atoms with Gasteiger partial charge in [-0.25, -0.2) is 0 Å². The molecule has 0 radical (unpaired) electrons. The lowest BCUT2D eigenvalue weighted by molar-refractivity contribution is 0.0977. The average molecular weight is 411 g/mol. The molecular weight excluding hydrogens is 392 g/mol. The Kier molecular flexibility index (Phi) is 6.63. The summed E-state index contributed by atoms with van der Waals surface area (Å²) in [5.74, 6) is 0.295. The highest BCUT2D eigenvalue weighted by Crippen LogP contribution is 2.23. The second-order valence-corrected chi connectivity index (χ2v) is 6.94. The first-order valence-electron chi connectivity index (χ1n) is 8.67. The number of hydrogen-bond acceptors (Lipinski definition) is 3. The van der Waals surface area contributed by atoms with Crippen molar-refractivity contribution in [2.45, 2.75) is 13.5 Å². The van der Waals surface area contributed by atoms with Gasteiger partial charge in [0.05, 0.1) is 0 Å². The van der Waals surface area contributed by atoms with Crippen LogP contribution in [0, 0.1) is 6.92 Å². The van der Waals surface area contributed by atoms with E-state index in [9.17, 15) is 4.79 Å². The van der Waals surface area contributed by atoms with E-state index < -0.39 is 0 Å². The maximum Gasteiger partial charge on any atom is 0.257 e. The molecule has 0 atom stereocenters. The highest BCUT2D eigenvalue weighted by molar-refractivity contribution is 7.80. The van der Waals surface area contributed by atoms with Gasteiger partial charge in [-0.2, -0.15) is 0 Å². The third-order valence-corrected chi connectivity index (χ3v) is 4.70. The van der Waals surface area contributed by atoms with Crippen LogP contribution in [0.15, 0.2) is 72.8 Å². The lowest BCUT2D eigenvalue weighted by Gasteiger charge is -2.13. The summed E-state index contributed by atoms with van der Waals surface area (Å²) >= 11 is 11.4. The zero-order chi connectivity index (χ0) is 19.9. The Morgan fingerprint density at radius 3 is 2.57 bits per heavy atom. The van der Waals surface area contributed by atoms with E-state index in [0.717, 1.165) is 16.8 Å². The number of amides is 1. The third kappa shape index (κ3) is 5.31. The van der Waals surface area contributed by atoms with Crippen molar-refractivity contribution in [2.75, 3.05) is 5.32 Å². The molecule has 0 bridgehead atoms. The molecule has 0 aromatic heterocycles. The van der Waals surface area contributed by atoms with Gasteiger partial charge in [0, 0.05) is 16.3 Å². The Morgan fingerprint density at radius 2 is 1.79 bits per heavy atom. The minimum absolute atomic E-state index is 0.200. The Morgan fingerprint density at radius 1 is 1.04 bits per heavy atom. The lowest BCUT2D eigenvalue weighted by Crippen LogP contribution is -2.34. The molecule has 3 aromatic rings. The number of rotatable bonds is 5. The lowest BCUT2D eigenvalue weighted by atomic mass is 10.2. The molecular formula is C22H19ClN2O2S. The fourth-order valence-electron chi connectivity index (χ4n) is 2.54. The maximum atomic E-state index is 12.5. The molecule has 1 amide bonds. The summed E-state index contributed by atoms with van der Waals surface area (Å²) < 4.78 is 5.77. The number of anilines is 1. The van der Waals surface area contributed by atoms with E-state index in [2.05, 4.69) is 10.6 Å². The molecule has 3 rings (SSSR count). The number of thiocarbonyl (C=S) groups is 1. The van der Waals surface area contributed by atoms with Crippen molar-refractivity contribution in [2.24, 2.45) is 0 Å². The smallest absolute Gasteiger partial charge is 0.257 e. The molecule has 6 heteroatoms. The van der Waals surface area contributed by atoms with Crippen molar-refractivity contribution in [3.63, 3.8) is 0 Å². The van der Waals surface area contributed by atoms with Gasteiger partial charge in [-0.15, -0.1) is 0 Å². The van der Waals surface area contributed by atoms with Crippen LogP contribution < -0.4 is 15.4 Å². The highest BCUT2D eigenvalue weighted by atomic mass is 35.5. The predicted octanol–water partition coefficient (Wildman–Crippen LogP) is 5.35. The van der Waals surface area contributed by atoms with Gasteiger partial charge in [0.1, 0.15) is 12.4 Å². The van der Waals surface area contributed by atoms with Crippen molar-refractivity contribution < 1.29 is 9.53 Å². The van der Waals surface area contributed by atoms with Crippen molar-refractivity contribution in [3.05, 3.63) is 94.5 Å². The van der Waals surface area contributed by atoms with E-state index in [1.54, 1.807) is 24.3 Å². The van der Waals surface area contributed by atoms with Crippen LogP contribution in [0.1, 0.15) is 21.5 Å². The van der Waals surface area contributed by atoms with Crippen molar-refractivity contribution in [1.29, 1.82) is 0 Å². The number of carbonyl (C=O) groups is 1. The van der Waals surface area contributed by atoms with Crippen LogP contribution in [0.2, 0.25) is 5.02 Å². The molecule has 0 spiro atoms. The van der Waals surface area contributed by atoms with Crippen LogP contribution >= 0.6 is 23.8 Å². The first-order valence-corrected chi connectivity index (χ1v) is 9.46. The first-order chi connectivity index (χ1) is 13.5. The molecule has 0 saturated carbocycles. The van der Waals surface area contributed by atoms with Crippen LogP contribution in [-0.4, -0.2) is 11.0 Å². The van der Waals surface area contributed by atoms with Gasteiger partial charge in [-0.3, -0.25) is 10.1 Å². The molecule has 0 aliphatic heterocycles. The quantitative estimate of drug-likeness (QED) is 0.556. The van der Waals surface area contributed by atoms with Crippen LogP contribution in [0.5, 0.6) is 5.75 Å². The molecule has 3 aromatic carbocycles. The van der Waals surface area contributed by atoms with Crippen LogP contribution in [0.4, 0.5) is 5.69 Å². The molecule has 142 valence electrons. The second-order valence-electron chi connectivity index (χ2n) is 6.12. The van der Waals surface area contributed by atoms with Crippen LogP contribution in [0.25, 0.3) is 0 Å². The fraction of sp³-hybridized carbons (Fsp3) is 0.0909. The Bertz CT molecular complexity index is 993. The largest absolute Gasteiger partial charge is 0.489 e. The maximum absolute atomic E-state index is 12.5. The van der Waals surface area contributed by atoms with E-state index >= 15 is 0 Å². The Balaban J connectivity index is 1.61. The number of nitrogens with one attached hydrogen (secondary N) is 2. The standard InChI is InChI=1S/C22H19ClN2O2S/c1-15-19(23)11-6-12-20(15)24-22(28)25-21(26)17-9-5-10-18(13-17)27-14-16-7-3-2-4-8-16/h2-13H,14H2,1H3,(H2,24,25,26,28). The van der Waals surface area contributed by atoms with Gasteiger partial charge in [-0.1, -0.05) is 54.1 Å². The first kappa shape index (κ1) is 19.9. The van der Waals surface area contributed by atoms with Crippen molar-refractivity contribution in [1.82, 2.24) is 5.32 Å². The molecule has 0 heterocycles. The number of halogens is 1. The second kappa shape index (κ2) is 9.35. The molecule has 2 N–H and O–H groups in total. The summed E-state index contributed by atoms with van der Waals surface area (Å²) in [5.41, 5.74) is 3.12. The Hall–Kier alpha value is -2.89. The number of hydrogen-bond donors (Lipinski definition) is 2. The van der Waals surface area contributed by atoms with E-state index in [1.807, 2.05) is 55.5 Å². The molecule has 0 aliphatic rings. The van der Waals surface area contributed by atoms with Crippen molar-refractivity contribution in [3.8, 4) is 5.75 Å². The van der Waals surface area contributed by atoms with Gasteiger partial charge < -0.3 is 10.1 Å². The van der Waals surface area contributed by atoms with Crippen LogP contribution in [-0.2, 0) is 6.61 Å². The number of ether oxygens (including phenoxy) is 1. The minimum Gasteiger partial charge on any atom is -0.489 e. The zero-order valence-corrected chi connectivity index (χ0v) is 16.8. The SMILES string of the molecule is Cc1c(Cl)cccc1NC(=S)NC(=O)c1cccc(OCc2ccccc2)c1. The summed E-state index contributed by atoms with van der Waals surface area (Å²) in [7, 11) is 0. The minimum atomic E-state index is -0.317. The monoisotopic (exact) mass is 410 g/mol. The third-order valence-electron chi connectivity index (χ3n) is 4.09. The number of carbonyl (C=O) groups excluding carboxylic acids is 1. The summed E-state index contributed by atoms with van der Waals surface area (Å²) in [6, 6.07) is 22.3. The molecule has 0 unspecified atom stereocenters. The van der Waals surface area contributed by atoms with Gasteiger partial charge >= 0.3 is 0 Å². The van der Waals surface area contributed by atoms with Gasteiger partial charge in [-0.05, 0) is 60.6 Å². The van der Waals surface area contributed by atoms with Gasteiger partial charge in [0.15, 0.2) is 5.11 Å². The zero-order valence-electron chi connectivity index (χ0n) is 15.2. The van der Waals surface area contributed by atoms with E-state index in [-0.39, 0.29) is 11.0 Å². The number of benzene rings is 3. The van der Waals surface area contributed by atoms with Gasteiger partial charge in [0.2, 0.25) is 0 Å². The molecule has 0 fully saturated rings. The molecule has 4 nitrogen and oxygen atoms in total. The van der Waals surface area contributed by atoms with Crippen molar-refractivity contribution >= 4 is 40.5 Å². The normalized spacial score (nSPS) is 10.2. The van der Waals surface area contributed by atoms with Gasteiger partial charge in [0.25, 0.3) is 5.91 Å². The topological polar surface area (TPSA) is 50.4 Å². The summed E-state index contributed by atoms with van der Waals surface area (Å²) in [6.45, 7) is 2.31. The average Bonchev–Trinajstić information content (AvgIpc) is 2.71. The van der Waals surface area contributed by atoms with E-state index in [4.69, 9.17) is 28.6 Å². The van der Waals surface area contributed by atoms with E-state index in [0.29, 0.717) is 22.9 Å². The van der Waals surface area contributed by atoms with Crippen LogP contribution in [0.3, 0.4) is 0 Å². The fourth-order valence-corrected chi connectivity index (χ4v) is 2.92. The highest BCUT2D eigenvalue weighted by Gasteiger charge is 2.10. The summed E-state index contributed by atoms with van der Waals surface area (Å²) in [4.78, 5) is 12.5. The van der Waals surface area contributed by atoms with E-state index in [1.165, 1.54) is 0 Å². The molecule has 0 saturated heterocycles. The summed E-state index contributed by atoms with van der Waals surface area (Å²) in [5, 5.41) is 6.50. The molecule has 0 aliphatic carbocycles.